The normalized spacial score (nSPS) is 12.3. The van der Waals surface area contributed by atoms with Crippen molar-refractivity contribution in [3.63, 3.8) is 0 Å². The molecule has 3 rings (SSSR count). The minimum absolute atomic E-state index is 0.0130. The third-order valence-corrected chi connectivity index (χ3v) is 2.97. The Bertz CT molecular complexity index is 759. The zero-order valence-electron chi connectivity index (χ0n) is 10.7. The number of hydrogen-bond donors (Lipinski definition) is 1. The fraction of sp³-hybridized carbons (Fsp3) is 0.0667. The highest BCUT2D eigenvalue weighted by molar-refractivity contribution is 5.54. The maximum atomic E-state index is 13.2. The predicted molar refractivity (Wildman–Crippen MR) is 70.2 cm³/mol. The number of nitrogens with zero attached hydrogens (tertiary/aromatic N) is 2. The van der Waals surface area contributed by atoms with Crippen molar-refractivity contribution in [2.75, 3.05) is 0 Å². The molecule has 0 aliphatic heterocycles. The molecule has 6 heteroatoms. The van der Waals surface area contributed by atoms with E-state index in [1.807, 2.05) is 6.07 Å². The van der Waals surface area contributed by atoms with Crippen molar-refractivity contribution in [1.82, 2.24) is 10.1 Å². The summed E-state index contributed by atoms with van der Waals surface area (Å²) in [7, 11) is 0. The molecule has 1 aromatic heterocycles. The molecular weight excluding hydrogens is 278 g/mol. The Morgan fingerprint density at radius 2 is 1.76 bits per heavy atom. The summed E-state index contributed by atoms with van der Waals surface area (Å²) in [6, 6.07) is 12.1. The highest BCUT2D eigenvalue weighted by atomic mass is 19.2. The lowest BCUT2D eigenvalue weighted by Crippen LogP contribution is -1.99. The van der Waals surface area contributed by atoms with Gasteiger partial charge in [-0.05, 0) is 23.8 Å². The summed E-state index contributed by atoms with van der Waals surface area (Å²) in [6.45, 7) is 0. The Morgan fingerprint density at radius 1 is 1.00 bits per heavy atom. The fourth-order valence-corrected chi connectivity index (χ4v) is 1.88. The van der Waals surface area contributed by atoms with Gasteiger partial charge in [-0.2, -0.15) is 4.98 Å². The zero-order valence-corrected chi connectivity index (χ0v) is 10.7. The van der Waals surface area contributed by atoms with Gasteiger partial charge in [0.1, 0.15) is 0 Å². The van der Waals surface area contributed by atoms with Gasteiger partial charge in [-0.25, -0.2) is 8.78 Å². The number of halogens is 2. The highest BCUT2D eigenvalue weighted by Crippen LogP contribution is 2.24. The molecular formula is C15H10F2N2O2. The second-order valence-electron chi connectivity index (χ2n) is 4.40. The lowest BCUT2D eigenvalue weighted by atomic mass is 10.1. The van der Waals surface area contributed by atoms with Crippen LogP contribution in [0, 0.1) is 11.6 Å². The first kappa shape index (κ1) is 13.4. The molecule has 0 saturated carbocycles. The molecule has 3 aromatic rings. The predicted octanol–water partition coefficient (Wildman–Crippen LogP) is 3.10. The van der Waals surface area contributed by atoms with E-state index in [1.165, 1.54) is 6.07 Å². The van der Waals surface area contributed by atoms with Gasteiger partial charge in [-0.15, -0.1) is 0 Å². The summed E-state index contributed by atoms with van der Waals surface area (Å²) in [5, 5.41) is 13.8. The molecule has 1 heterocycles. The van der Waals surface area contributed by atoms with Crippen LogP contribution < -0.4 is 0 Å². The monoisotopic (exact) mass is 288 g/mol. The van der Waals surface area contributed by atoms with E-state index in [4.69, 9.17) is 4.52 Å². The average molecular weight is 288 g/mol. The largest absolute Gasteiger partial charge is 0.378 e. The molecule has 0 fully saturated rings. The SMILES string of the molecule is OC(c1ccccc1)c1nc(-c2ccc(F)c(F)c2)no1. The summed E-state index contributed by atoms with van der Waals surface area (Å²) in [4.78, 5) is 4.01. The minimum atomic E-state index is -1.07. The Morgan fingerprint density at radius 3 is 2.48 bits per heavy atom. The van der Waals surface area contributed by atoms with E-state index >= 15 is 0 Å². The Balaban J connectivity index is 1.91. The Kier molecular flexibility index (Phi) is 3.45. The molecule has 1 atom stereocenters. The first-order valence-corrected chi connectivity index (χ1v) is 6.17. The highest BCUT2D eigenvalue weighted by Gasteiger charge is 2.19. The molecule has 4 nitrogen and oxygen atoms in total. The second kappa shape index (κ2) is 5.41. The van der Waals surface area contributed by atoms with Crippen LogP contribution in [0.5, 0.6) is 0 Å². The molecule has 0 spiro atoms. The van der Waals surface area contributed by atoms with Gasteiger partial charge in [0, 0.05) is 5.56 Å². The van der Waals surface area contributed by atoms with E-state index in [-0.39, 0.29) is 17.3 Å². The van der Waals surface area contributed by atoms with Crippen molar-refractivity contribution in [1.29, 1.82) is 0 Å². The Labute approximate surface area is 118 Å². The van der Waals surface area contributed by atoms with Gasteiger partial charge >= 0.3 is 0 Å². The summed E-state index contributed by atoms with van der Waals surface area (Å²) < 4.78 is 31.1. The number of aromatic nitrogens is 2. The molecule has 2 aromatic carbocycles. The van der Waals surface area contributed by atoms with E-state index in [0.29, 0.717) is 5.56 Å². The molecule has 0 bridgehead atoms. The number of rotatable bonds is 3. The summed E-state index contributed by atoms with van der Waals surface area (Å²) in [5.74, 6) is -1.88. The van der Waals surface area contributed by atoms with Gasteiger partial charge in [0.05, 0.1) is 0 Å². The quantitative estimate of drug-likeness (QED) is 0.804. The van der Waals surface area contributed by atoms with E-state index in [9.17, 15) is 13.9 Å². The fourth-order valence-electron chi connectivity index (χ4n) is 1.88. The van der Waals surface area contributed by atoms with Crippen molar-refractivity contribution >= 4 is 0 Å². The first-order chi connectivity index (χ1) is 10.1. The number of aliphatic hydroxyl groups excluding tert-OH is 1. The molecule has 106 valence electrons. The second-order valence-corrected chi connectivity index (χ2v) is 4.40. The molecule has 21 heavy (non-hydrogen) atoms. The maximum absolute atomic E-state index is 13.2. The number of hydrogen-bond acceptors (Lipinski definition) is 4. The maximum Gasteiger partial charge on any atom is 0.260 e. The van der Waals surface area contributed by atoms with Crippen molar-refractivity contribution in [3.8, 4) is 11.4 Å². The van der Waals surface area contributed by atoms with E-state index in [0.717, 1.165) is 12.1 Å². The van der Waals surface area contributed by atoms with Gasteiger partial charge in [-0.1, -0.05) is 35.5 Å². The van der Waals surface area contributed by atoms with Crippen LogP contribution in [0.3, 0.4) is 0 Å². The third kappa shape index (κ3) is 2.66. The van der Waals surface area contributed by atoms with Gasteiger partial charge in [-0.3, -0.25) is 0 Å². The standard InChI is InChI=1S/C15H10F2N2O2/c16-11-7-6-10(8-12(11)17)14-18-15(21-19-14)13(20)9-4-2-1-3-5-9/h1-8,13,20H. The molecule has 1 N–H and O–H groups in total. The number of aliphatic hydroxyl groups is 1. The van der Waals surface area contributed by atoms with Crippen molar-refractivity contribution in [2.45, 2.75) is 6.10 Å². The topological polar surface area (TPSA) is 59.2 Å². The lowest BCUT2D eigenvalue weighted by molar-refractivity contribution is 0.170. The van der Waals surface area contributed by atoms with Gasteiger partial charge < -0.3 is 9.63 Å². The van der Waals surface area contributed by atoms with Gasteiger partial charge in [0.25, 0.3) is 5.89 Å². The van der Waals surface area contributed by atoms with Gasteiger partial charge in [0.2, 0.25) is 5.82 Å². The van der Waals surface area contributed by atoms with Crippen LogP contribution in [0.4, 0.5) is 8.78 Å². The zero-order chi connectivity index (χ0) is 14.8. The smallest absolute Gasteiger partial charge is 0.260 e. The van der Waals surface area contributed by atoms with Crippen molar-refractivity contribution < 1.29 is 18.4 Å². The van der Waals surface area contributed by atoms with Crippen LogP contribution in [0.1, 0.15) is 17.6 Å². The van der Waals surface area contributed by atoms with Crippen LogP contribution >= 0.6 is 0 Å². The van der Waals surface area contributed by atoms with Crippen molar-refractivity contribution in [2.24, 2.45) is 0 Å². The van der Waals surface area contributed by atoms with Crippen LogP contribution in [-0.2, 0) is 0 Å². The molecule has 0 aliphatic rings. The van der Waals surface area contributed by atoms with Gasteiger partial charge in [0.15, 0.2) is 17.7 Å². The first-order valence-electron chi connectivity index (χ1n) is 6.17. The molecule has 0 radical (unpaired) electrons. The van der Waals surface area contributed by atoms with Crippen LogP contribution in [-0.4, -0.2) is 15.2 Å². The van der Waals surface area contributed by atoms with E-state index in [1.54, 1.807) is 24.3 Å². The molecule has 1 unspecified atom stereocenters. The average Bonchev–Trinajstić information content (AvgIpc) is 3.00. The molecule has 0 saturated heterocycles. The van der Waals surface area contributed by atoms with Crippen molar-refractivity contribution in [3.05, 3.63) is 71.6 Å². The number of benzene rings is 2. The van der Waals surface area contributed by atoms with Crippen LogP contribution in [0.15, 0.2) is 53.1 Å². The molecule has 0 amide bonds. The Hall–Kier alpha value is -2.60. The van der Waals surface area contributed by atoms with E-state index in [2.05, 4.69) is 10.1 Å². The summed E-state index contributed by atoms with van der Waals surface area (Å²) >= 11 is 0. The van der Waals surface area contributed by atoms with Crippen LogP contribution in [0.2, 0.25) is 0 Å². The summed E-state index contributed by atoms with van der Waals surface area (Å²) in [5.41, 5.74) is 0.863. The summed E-state index contributed by atoms with van der Waals surface area (Å²) in [6.07, 6.45) is -1.07. The molecule has 0 aliphatic carbocycles. The lowest BCUT2D eigenvalue weighted by Gasteiger charge is -2.04. The van der Waals surface area contributed by atoms with Crippen LogP contribution in [0.25, 0.3) is 11.4 Å². The van der Waals surface area contributed by atoms with E-state index < -0.39 is 17.7 Å². The third-order valence-electron chi connectivity index (χ3n) is 2.97. The minimum Gasteiger partial charge on any atom is -0.378 e.